The molecule has 0 aliphatic rings. The van der Waals surface area contributed by atoms with Gasteiger partial charge in [-0.2, -0.15) is 0 Å². The summed E-state index contributed by atoms with van der Waals surface area (Å²) in [6, 6.07) is 3.52. The van der Waals surface area contributed by atoms with Gasteiger partial charge >= 0.3 is 0 Å². The van der Waals surface area contributed by atoms with Crippen LogP contribution in [0.3, 0.4) is 0 Å². The molecule has 1 rings (SSSR count). The molecule has 0 unspecified atom stereocenters. The van der Waals surface area contributed by atoms with Gasteiger partial charge in [-0.05, 0) is 56.9 Å². The summed E-state index contributed by atoms with van der Waals surface area (Å²) in [6.07, 6.45) is 3.53. The minimum Gasteiger partial charge on any atom is -0.207 e. The smallest absolute Gasteiger partial charge is 0.207 e. The van der Waals surface area contributed by atoms with Gasteiger partial charge in [-0.15, -0.1) is 5.73 Å². The van der Waals surface area contributed by atoms with E-state index in [9.17, 15) is 8.42 Å². The summed E-state index contributed by atoms with van der Waals surface area (Å²) in [5, 5.41) is 0. The molecule has 4 heteroatoms. The van der Waals surface area contributed by atoms with Crippen LogP contribution < -0.4 is 4.72 Å². The zero-order valence-electron chi connectivity index (χ0n) is 13.7. The lowest BCUT2D eigenvalue weighted by molar-refractivity contribution is 0.508. The molecular weight excluding hydrogens is 282 g/mol. The van der Waals surface area contributed by atoms with Crippen LogP contribution in [0.15, 0.2) is 34.9 Å². The molecule has 0 aliphatic carbocycles. The molecule has 0 spiro atoms. The molecule has 3 nitrogen and oxygen atoms in total. The van der Waals surface area contributed by atoms with Crippen molar-refractivity contribution in [3.05, 3.63) is 46.7 Å². The van der Waals surface area contributed by atoms with Gasteiger partial charge in [0.1, 0.15) is 0 Å². The van der Waals surface area contributed by atoms with E-state index in [1.165, 1.54) is 0 Å². The molecule has 1 aromatic carbocycles. The van der Waals surface area contributed by atoms with Crippen LogP contribution in [0.1, 0.15) is 37.5 Å². The van der Waals surface area contributed by atoms with Crippen LogP contribution in [0.2, 0.25) is 0 Å². The van der Waals surface area contributed by atoms with Crippen LogP contribution in [0.25, 0.3) is 0 Å². The van der Waals surface area contributed by atoms with Gasteiger partial charge in [0.2, 0.25) is 10.0 Å². The Balaban J connectivity index is 3.26. The monoisotopic (exact) mass is 307 g/mol. The van der Waals surface area contributed by atoms with E-state index >= 15 is 0 Å². The van der Waals surface area contributed by atoms with Crippen LogP contribution in [-0.2, 0) is 10.0 Å². The Hall–Kier alpha value is -1.35. The Kier molecular flexibility index (Phi) is 5.97. The van der Waals surface area contributed by atoms with Crippen LogP contribution in [-0.4, -0.2) is 14.5 Å². The minimum atomic E-state index is -3.55. The molecule has 1 N–H and O–H groups in total. The van der Waals surface area contributed by atoms with Crippen molar-refractivity contribution < 1.29 is 8.42 Å². The Labute approximate surface area is 128 Å². The fourth-order valence-corrected chi connectivity index (χ4v) is 4.17. The predicted octanol–water partition coefficient (Wildman–Crippen LogP) is 3.65. The van der Waals surface area contributed by atoms with Crippen molar-refractivity contribution in [2.45, 2.75) is 52.5 Å². The van der Waals surface area contributed by atoms with Crippen LogP contribution in [0.4, 0.5) is 0 Å². The van der Waals surface area contributed by atoms with Crippen molar-refractivity contribution in [2.24, 2.45) is 5.92 Å². The van der Waals surface area contributed by atoms with Crippen LogP contribution in [0, 0.1) is 26.7 Å². The molecular formula is C17H25NO2S. The average Bonchev–Trinajstić information content (AvgIpc) is 2.32. The van der Waals surface area contributed by atoms with Crippen molar-refractivity contribution >= 4 is 10.0 Å². The summed E-state index contributed by atoms with van der Waals surface area (Å²) in [7, 11) is -3.55. The minimum absolute atomic E-state index is 0.151. The van der Waals surface area contributed by atoms with E-state index in [-0.39, 0.29) is 12.0 Å². The Morgan fingerprint density at radius 3 is 2.10 bits per heavy atom. The van der Waals surface area contributed by atoms with E-state index < -0.39 is 10.0 Å². The fraction of sp³-hybridized carbons (Fsp3) is 0.471. The number of sulfonamides is 1. The summed E-state index contributed by atoms with van der Waals surface area (Å²) < 4.78 is 28.2. The molecule has 0 bridgehead atoms. The van der Waals surface area contributed by atoms with Gasteiger partial charge in [-0.1, -0.05) is 31.5 Å². The molecule has 21 heavy (non-hydrogen) atoms. The molecule has 1 atom stereocenters. The highest BCUT2D eigenvalue weighted by molar-refractivity contribution is 7.89. The van der Waals surface area contributed by atoms with Crippen LogP contribution >= 0.6 is 0 Å². The van der Waals surface area contributed by atoms with Crippen molar-refractivity contribution in [3.8, 4) is 0 Å². The Bertz CT molecular complexity index is 643. The second kappa shape index (κ2) is 7.08. The SMILES string of the molecule is CC=C=C[C@@H](NS(=O)(=O)c1c(C)cc(C)cc1C)C(C)C. The van der Waals surface area contributed by atoms with E-state index in [0.717, 1.165) is 16.7 Å². The van der Waals surface area contributed by atoms with Gasteiger partial charge in [-0.25, -0.2) is 13.1 Å². The van der Waals surface area contributed by atoms with Crippen LogP contribution in [0.5, 0.6) is 0 Å². The fourth-order valence-electron chi connectivity index (χ4n) is 2.39. The lowest BCUT2D eigenvalue weighted by atomic mass is 10.1. The molecule has 0 amide bonds. The summed E-state index contributed by atoms with van der Waals surface area (Å²) in [4.78, 5) is 0.382. The standard InChI is InChI=1S/C17H25NO2S/c1-7-8-9-16(12(2)3)18-21(19,20)17-14(5)10-13(4)11-15(17)6/h7,9-12,16,18H,1-6H3/t8?,16-/m1/s1. The van der Waals surface area contributed by atoms with Gasteiger partial charge in [-0.3, -0.25) is 0 Å². The zero-order chi connectivity index (χ0) is 16.2. The lowest BCUT2D eigenvalue weighted by Gasteiger charge is -2.20. The van der Waals surface area contributed by atoms with Gasteiger partial charge in [0, 0.05) is 6.04 Å². The van der Waals surface area contributed by atoms with Gasteiger partial charge in [0.05, 0.1) is 4.90 Å². The van der Waals surface area contributed by atoms with Gasteiger partial charge in [0.15, 0.2) is 0 Å². The molecule has 116 valence electrons. The van der Waals surface area contributed by atoms with E-state index in [2.05, 4.69) is 10.5 Å². The largest absolute Gasteiger partial charge is 0.241 e. The predicted molar refractivity (Wildman–Crippen MR) is 87.9 cm³/mol. The molecule has 0 heterocycles. The average molecular weight is 307 g/mol. The normalized spacial score (nSPS) is 12.9. The quantitative estimate of drug-likeness (QED) is 0.844. The first-order chi connectivity index (χ1) is 9.69. The van der Waals surface area contributed by atoms with Crippen molar-refractivity contribution in [1.29, 1.82) is 0 Å². The topological polar surface area (TPSA) is 46.2 Å². The first-order valence-corrected chi connectivity index (χ1v) is 8.64. The number of aryl methyl sites for hydroxylation is 3. The summed E-state index contributed by atoms with van der Waals surface area (Å²) in [6.45, 7) is 11.5. The highest BCUT2D eigenvalue weighted by Gasteiger charge is 2.24. The van der Waals surface area contributed by atoms with Crippen molar-refractivity contribution in [3.63, 3.8) is 0 Å². The van der Waals surface area contributed by atoms with E-state index in [1.54, 1.807) is 12.2 Å². The third kappa shape index (κ3) is 4.57. The zero-order valence-corrected chi connectivity index (χ0v) is 14.5. The van der Waals surface area contributed by atoms with Crippen molar-refractivity contribution in [1.82, 2.24) is 4.72 Å². The lowest BCUT2D eigenvalue weighted by Crippen LogP contribution is -2.37. The second-order valence-corrected chi connectivity index (χ2v) is 7.39. The van der Waals surface area contributed by atoms with E-state index in [1.807, 2.05) is 53.7 Å². The molecule has 0 aliphatic heterocycles. The maximum atomic E-state index is 12.7. The maximum absolute atomic E-state index is 12.7. The van der Waals surface area contributed by atoms with Gasteiger partial charge in [0.25, 0.3) is 0 Å². The first kappa shape index (κ1) is 17.7. The molecule has 0 aromatic heterocycles. The second-order valence-electron chi connectivity index (χ2n) is 5.74. The summed E-state index contributed by atoms with van der Waals surface area (Å²) >= 11 is 0. The molecule has 0 radical (unpaired) electrons. The third-order valence-electron chi connectivity index (χ3n) is 3.33. The van der Waals surface area contributed by atoms with E-state index in [0.29, 0.717) is 4.90 Å². The number of benzene rings is 1. The summed E-state index contributed by atoms with van der Waals surface area (Å²) in [5.41, 5.74) is 5.58. The number of rotatable bonds is 5. The number of hydrogen-bond acceptors (Lipinski definition) is 2. The molecule has 1 aromatic rings. The van der Waals surface area contributed by atoms with Gasteiger partial charge < -0.3 is 0 Å². The maximum Gasteiger partial charge on any atom is 0.241 e. The van der Waals surface area contributed by atoms with Crippen molar-refractivity contribution in [2.75, 3.05) is 0 Å². The highest BCUT2D eigenvalue weighted by Crippen LogP contribution is 2.22. The number of nitrogens with one attached hydrogen (secondary N) is 1. The molecule has 0 saturated heterocycles. The Morgan fingerprint density at radius 1 is 1.14 bits per heavy atom. The highest BCUT2D eigenvalue weighted by atomic mass is 32.2. The number of hydrogen-bond donors (Lipinski definition) is 1. The third-order valence-corrected chi connectivity index (χ3v) is 5.09. The van der Waals surface area contributed by atoms with E-state index in [4.69, 9.17) is 0 Å². The Morgan fingerprint density at radius 2 is 1.67 bits per heavy atom. The first-order valence-electron chi connectivity index (χ1n) is 7.16. The summed E-state index contributed by atoms with van der Waals surface area (Å²) in [5.74, 6) is 0.151. The molecule has 0 saturated carbocycles. The molecule has 0 fully saturated rings.